The lowest BCUT2D eigenvalue weighted by Gasteiger charge is -2.32. The van der Waals surface area contributed by atoms with Crippen LogP contribution in [0.5, 0.6) is 0 Å². The van der Waals surface area contributed by atoms with Crippen LogP contribution >= 0.6 is 0 Å². The topological polar surface area (TPSA) is 39.9 Å². The van der Waals surface area contributed by atoms with E-state index in [0.717, 1.165) is 53.0 Å². The minimum Gasteiger partial charge on any atom is -0.367 e. The Bertz CT molecular complexity index is 1140. The Kier molecular flexibility index (Phi) is 5.04. The molecule has 0 spiro atoms. The molecule has 1 aliphatic heterocycles. The van der Waals surface area contributed by atoms with E-state index in [-0.39, 0.29) is 0 Å². The number of nitrogens with zero attached hydrogens (tertiary/aromatic N) is 3. The lowest BCUT2D eigenvalue weighted by atomic mass is 9.90. The molecule has 0 atom stereocenters. The highest BCUT2D eigenvalue weighted by Gasteiger charge is 2.30. The van der Waals surface area contributed by atoms with Crippen molar-refractivity contribution in [3.05, 3.63) is 89.3 Å². The Morgan fingerprint density at radius 3 is 2.53 bits per heavy atom. The van der Waals surface area contributed by atoms with Crippen LogP contribution in [0.1, 0.15) is 28.1 Å². The molecule has 2 heterocycles. The molecule has 0 aliphatic carbocycles. The zero-order valence-corrected chi connectivity index (χ0v) is 16.1. The molecule has 0 N–H and O–H groups in total. The van der Waals surface area contributed by atoms with Crippen LogP contribution in [0, 0.1) is 11.3 Å². The van der Waals surface area contributed by atoms with E-state index in [2.05, 4.69) is 22.5 Å². The third-order valence-corrected chi connectivity index (χ3v) is 5.31. The van der Waals surface area contributed by atoms with E-state index >= 15 is 0 Å². The van der Waals surface area contributed by atoms with Gasteiger partial charge in [-0.25, -0.2) is 4.98 Å². The average Bonchev–Trinajstić information content (AvgIpc) is 2.77. The highest BCUT2D eigenvalue weighted by atomic mass is 19.4. The van der Waals surface area contributed by atoms with E-state index in [1.54, 1.807) is 12.1 Å². The van der Waals surface area contributed by atoms with Gasteiger partial charge in [0, 0.05) is 18.8 Å². The van der Waals surface area contributed by atoms with Gasteiger partial charge in [0.15, 0.2) is 0 Å². The van der Waals surface area contributed by atoms with Crippen molar-refractivity contribution in [1.82, 2.24) is 4.98 Å². The van der Waals surface area contributed by atoms with Gasteiger partial charge < -0.3 is 4.90 Å². The molecule has 3 aromatic rings. The van der Waals surface area contributed by atoms with Crippen LogP contribution in [0.15, 0.2) is 61.2 Å². The number of benzene rings is 2. The molecular weight excluding hydrogens is 387 g/mol. The van der Waals surface area contributed by atoms with E-state index in [9.17, 15) is 18.4 Å². The predicted octanol–water partition coefficient (Wildman–Crippen LogP) is 5.84. The first-order chi connectivity index (χ1) is 14.4. The van der Waals surface area contributed by atoms with Crippen molar-refractivity contribution < 1.29 is 13.2 Å². The Morgan fingerprint density at radius 2 is 1.87 bits per heavy atom. The van der Waals surface area contributed by atoms with Gasteiger partial charge in [0.2, 0.25) is 0 Å². The highest BCUT2D eigenvalue weighted by molar-refractivity contribution is 5.70. The molecule has 30 heavy (non-hydrogen) atoms. The Morgan fingerprint density at radius 1 is 1.10 bits per heavy atom. The van der Waals surface area contributed by atoms with Crippen molar-refractivity contribution in [2.75, 3.05) is 11.4 Å². The van der Waals surface area contributed by atoms with Crippen LogP contribution < -0.4 is 4.90 Å². The highest BCUT2D eigenvalue weighted by Crippen LogP contribution is 2.35. The summed E-state index contributed by atoms with van der Waals surface area (Å²) in [6, 6.07) is 17.0. The molecule has 0 saturated carbocycles. The van der Waals surface area contributed by atoms with E-state index in [0.29, 0.717) is 17.9 Å². The summed E-state index contributed by atoms with van der Waals surface area (Å²) in [4.78, 5) is 6.38. The zero-order chi connectivity index (χ0) is 21.3. The molecule has 150 valence electrons. The van der Waals surface area contributed by atoms with Crippen molar-refractivity contribution in [2.24, 2.45) is 0 Å². The summed E-state index contributed by atoms with van der Waals surface area (Å²) < 4.78 is 38.6. The maximum Gasteiger partial charge on any atom is 0.416 e. The number of rotatable bonds is 3. The van der Waals surface area contributed by atoms with Crippen molar-refractivity contribution in [3.63, 3.8) is 0 Å². The molecule has 0 unspecified atom stereocenters. The van der Waals surface area contributed by atoms with Gasteiger partial charge in [0.1, 0.15) is 11.8 Å². The monoisotopic (exact) mass is 405 g/mol. The van der Waals surface area contributed by atoms with Gasteiger partial charge in [-0.05, 0) is 59.0 Å². The standard InChI is InChI=1S/C24H18F3N3/c1-2-19-12-21(13-20(14-28)29-19)30-11-10-23-17(15-30)4-3-5-22(23)16-6-8-18(9-7-16)24(25,26)27/h2-9,12-13H,1,10-11,15H2. The number of alkyl halides is 3. The summed E-state index contributed by atoms with van der Waals surface area (Å²) in [6.07, 6.45) is -1.97. The van der Waals surface area contributed by atoms with Crippen LogP contribution in [0.3, 0.4) is 0 Å². The van der Waals surface area contributed by atoms with E-state index in [4.69, 9.17) is 0 Å². The maximum absolute atomic E-state index is 12.9. The fraction of sp³-hybridized carbons (Fsp3) is 0.167. The van der Waals surface area contributed by atoms with Gasteiger partial charge in [0.05, 0.1) is 11.3 Å². The lowest BCUT2D eigenvalue weighted by Crippen LogP contribution is -2.30. The normalized spacial score (nSPS) is 13.5. The zero-order valence-electron chi connectivity index (χ0n) is 16.1. The number of hydrogen-bond donors (Lipinski definition) is 0. The third kappa shape index (κ3) is 3.79. The fourth-order valence-corrected chi connectivity index (χ4v) is 3.82. The minimum absolute atomic E-state index is 0.340. The third-order valence-electron chi connectivity index (χ3n) is 5.31. The van der Waals surface area contributed by atoms with Crippen LogP contribution in [-0.2, 0) is 19.1 Å². The second-order valence-electron chi connectivity index (χ2n) is 7.14. The van der Waals surface area contributed by atoms with Crippen LogP contribution in [0.2, 0.25) is 0 Å². The lowest BCUT2D eigenvalue weighted by molar-refractivity contribution is -0.137. The smallest absolute Gasteiger partial charge is 0.367 e. The molecule has 0 fully saturated rings. The molecule has 0 amide bonds. The summed E-state index contributed by atoms with van der Waals surface area (Å²) >= 11 is 0. The number of nitriles is 1. The first-order valence-electron chi connectivity index (χ1n) is 9.47. The number of fused-ring (bicyclic) bond motifs is 1. The molecule has 3 nitrogen and oxygen atoms in total. The SMILES string of the molecule is C=Cc1cc(N2CCc3c(cccc3-c3ccc(C(F)(F)F)cc3)C2)cc(C#N)n1. The van der Waals surface area contributed by atoms with Crippen LogP contribution in [-0.4, -0.2) is 11.5 Å². The quantitative estimate of drug-likeness (QED) is 0.549. The van der Waals surface area contributed by atoms with Gasteiger partial charge >= 0.3 is 6.18 Å². The molecule has 0 bridgehead atoms. The van der Waals surface area contributed by atoms with E-state index < -0.39 is 11.7 Å². The predicted molar refractivity (Wildman–Crippen MR) is 111 cm³/mol. The molecule has 1 aromatic heterocycles. The summed E-state index contributed by atoms with van der Waals surface area (Å²) in [5.41, 5.74) is 5.24. The van der Waals surface area contributed by atoms with Gasteiger partial charge in [-0.2, -0.15) is 18.4 Å². The molecule has 1 aliphatic rings. The van der Waals surface area contributed by atoms with Crippen LogP contribution in [0.25, 0.3) is 17.2 Å². The maximum atomic E-state index is 12.9. The number of pyridine rings is 1. The first-order valence-corrected chi connectivity index (χ1v) is 9.47. The Balaban J connectivity index is 1.66. The summed E-state index contributed by atoms with van der Waals surface area (Å²) in [7, 11) is 0. The Hall–Kier alpha value is -3.59. The van der Waals surface area contributed by atoms with Crippen molar-refractivity contribution in [2.45, 2.75) is 19.1 Å². The molecular formula is C24H18F3N3. The van der Waals surface area contributed by atoms with Gasteiger partial charge in [-0.3, -0.25) is 0 Å². The second kappa shape index (κ2) is 7.68. The number of halogens is 3. The summed E-state index contributed by atoms with van der Waals surface area (Å²) in [6.45, 7) is 5.11. The summed E-state index contributed by atoms with van der Waals surface area (Å²) in [5, 5.41) is 9.23. The number of hydrogen-bond acceptors (Lipinski definition) is 3. The second-order valence-corrected chi connectivity index (χ2v) is 7.14. The van der Waals surface area contributed by atoms with E-state index in [1.807, 2.05) is 24.3 Å². The molecule has 6 heteroatoms. The van der Waals surface area contributed by atoms with Crippen LogP contribution in [0.4, 0.5) is 18.9 Å². The number of anilines is 1. The largest absolute Gasteiger partial charge is 0.416 e. The minimum atomic E-state index is -4.34. The summed E-state index contributed by atoms with van der Waals surface area (Å²) in [5.74, 6) is 0. The van der Waals surface area contributed by atoms with Gasteiger partial charge in [0.25, 0.3) is 0 Å². The molecule has 2 aromatic carbocycles. The molecule has 0 saturated heterocycles. The fourth-order valence-electron chi connectivity index (χ4n) is 3.82. The number of aromatic nitrogens is 1. The van der Waals surface area contributed by atoms with Crippen molar-refractivity contribution >= 4 is 11.8 Å². The Labute approximate surface area is 172 Å². The van der Waals surface area contributed by atoms with Crippen molar-refractivity contribution in [3.8, 4) is 17.2 Å². The van der Waals surface area contributed by atoms with Gasteiger partial charge in [-0.1, -0.05) is 36.9 Å². The van der Waals surface area contributed by atoms with Crippen molar-refractivity contribution in [1.29, 1.82) is 5.26 Å². The van der Waals surface area contributed by atoms with Gasteiger partial charge in [-0.15, -0.1) is 0 Å². The molecule has 0 radical (unpaired) electrons. The first kappa shape index (κ1) is 19.7. The average molecular weight is 405 g/mol. The van der Waals surface area contributed by atoms with E-state index in [1.165, 1.54) is 12.1 Å². The molecule has 4 rings (SSSR count).